The first kappa shape index (κ1) is 22.3. The molecule has 0 spiro atoms. The third kappa shape index (κ3) is 6.05. The predicted molar refractivity (Wildman–Crippen MR) is 114 cm³/mol. The Morgan fingerprint density at radius 1 is 1.07 bits per heavy atom. The second-order valence-electron chi connectivity index (χ2n) is 7.54. The standard InChI is InChI=1S/C23H26F2N2O2S/c1-27(19-7-3-2-4-8-19)22(28)15-30-21-10-6-5-9-20(21)23(29)26-14-16-11-17(24)13-18(25)12-16/h5-6,9-13,19H,2-4,7-8,14-15H2,1H3,(H,26,29). The van der Waals surface area contributed by atoms with Crippen molar-refractivity contribution in [2.75, 3.05) is 12.8 Å². The van der Waals surface area contributed by atoms with Gasteiger partial charge in [0.1, 0.15) is 11.6 Å². The number of carbonyl (C=O) groups is 2. The summed E-state index contributed by atoms with van der Waals surface area (Å²) < 4.78 is 26.6. The monoisotopic (exact) mass is 432 g/mol. The zero-order valence-electron chi connectivity index (χ0n) is 17.0. The molecule has 2 amide bonds. The van der Waals surface area contributed by atoms with E-state index in [0.717, 1.165) is 31.7 Å². The van der Waals surface area contributed by atoms with Gasteiger partial charge in [-0.05, 0) is 42.7 Å². The lowest BCUT2D eigenvalue weighted by Crippen LogP contribution is -2.39. The van der Waals surface area contributed by atoms with E-state index in [4.69, 9.17) is 0 Å². The fraction of sp³-hybridized carbons (Fsp3) is 0.391. The third-order valence-electron chi connectivity index (χ3n) is 5.37. The molecule has 0 atom stereocenters. The summed E-state index contributed by atoms with van der Waals surface area (Å²) in [5, 5.41) is 2.69. The predicted octanol–water partition coefficient (Wildman–Crippen LogP) is 4.78. The van der Waals surface area contributed by atoms with E-state index >= 15 is 0 Å². The normalized spacial score (nSPS) is 14.4. The Morgan fingerprint density at radius 2 is 1.73 bits per heavy atom. The van der Waals surface area contributed by atoms with Gasteiger partial charge in [0.05, 0.1) is 11.3 Å². The first-order valence-electron chi connectivity index (χ1n) is 10.1. The van der Waals surface area contributed by atoms with Crippen molar-refractivity contribution < 1.29 is 18.4 Å². The molecule has 0 bridgehead atoms. The average Bonchev–Trinajstić information content (AvgIpc) is 2.75. The zero-order chi connectivity index (χ0) is 21.5. The minimum absolute atomic E-state index is 0.00978. The van der Waals surface area contributed by atoms with Gasteiger partial charge in [-0.1, -0.05) is 31.4 Å². The fourth-order valence-corrected chi connectivity index (χ4v) is 4.66. The molecule has 1 aliphatic rings. The molecule has 0 saturated heterocycles. The van der Waals surface area contributed by atoms with Gasteiger partial charge in [0.2, 0.25) is 5.91 Å². The van der Waals surface area contributed by atoms with E-state index in [1.807, 2.05) is 18.0 Å². The van der Waals surface area contributed by atoms with Gasteiger partial charge in [0.15, 0.2) is 0 Å². The van der Waals surface area contributed by atoms with Crippen molar-refractivity contribution in [3.8, 4) is 0 Å². The highest BCUT2D eigenvalue weighted by Gasteiger charge is 2.22. The van der Waals surface area contributed by atoms with Crippen LogP contribution < -0.4 is 5.32 Å². The molecule has 1 aliphatic carbocycles. The van der Waals surface area contributed by atoms with Gasteiger partial charge in [0.25, 0.3) is 5.91 Å². The Hall–Kier alpha value is -2.41. The Labute approximate surface area is 180 Å². The van der Waals surface area contributed by atoms with Crippen LogP contribution >= 0.6 is 11.8 Å². The van der Waals surface area contributed by atoms with Gasteiger partial charge in [0, 0.05) is 30.6 Å². The molecule has 3 rings (SSSR count). The van der Waals surface area contributed by atoms with Crippen molar-refractivity contribution in [1.29, 1.82) is 0 Å². The number of hydrogen-bond acceptors (Lipinski definition) is 3. The highest BCUT2D eigenvalue weighted by Crippen LogP contribution is 2.26. The number of hydrogen-bond donors (Lipinski definition) is 1. The smallest absolute Gasteiger partial charge is 0.252 e. The first-order chi connectivity index (χ1) is 14.4. The molecule has 1 N–H and O–H groups in total. The summed E-state index contributed by atoms with van der Waals surface area (Å²) in [5.74, 6) is -1.41. The average molecular weight is 433 g/mol. The molecule has 2 aromatic rings. The van der Waals surface area contributed by atoms with Crippen molar-refractivity contribution in [1.82, 2.24) is 10.2 Å². The Morgan fingerprint density at radius 3 is 2.43 bits per heavy atom. The van der Waals surface area contributed by atoms with Gasteiger partial charge in [-0.25, -0.2) is 8.78 Å². The summed E-state index contributed by atoms with van der Waals surface area (Å²) >= 11 is 1.33. The molecule has 30 heavy (non-hydrogen) atoms. The number of nitrogens with zero attached hydrogens (tertiary/aromatic N) is 1. The van der Waals surface area contributed by atoms with Crippen LogP contribution in [0.15, 0.2) is 47.4 Å². The van der Waals surface area contributed by atoms with Crippen LogP contribution in [0.2, 0.25) is 0 Å². The quantitative estimate of drug-likeness (QED) is 0.641. The summed E-state index contributed by atoms with van der Waals surface area (Å²) in [6.07, 6.45) is 5.65. The molecule has 0 aliphatic heterocycles. The molecule has 7 heteroatoms. The molecular formula is C23H26F2N2O2S. The summed E-state index contributed by atoms with van der Waals surface area (Å²) in [7, 11) is 1.86. The van der Waals surface area contributed by atoms with E-state index < -0.39 is 11.6 Å². The van der Waals surface area contributed by atoms with E-state index in [9.17, 15) is 18.4 Å². The third-order valence-corrected chi connectivity index (χ3v) is 6.43. The van der Waals surface area contributed by atoms with E-state index in [2.05, 4.69) is 5.32 Å². The number of carbonyl (C=O) groups excluding carboxylic acids is 2. The minimum Gasteiger partial charge on any atom is -0.348 e. The number of rotatable bonds is 7. The Kier molecular flexibility index (Phi) is 7.85. The molecule has 0 aromatic heterocycles. The molecule has 2 aromatic carbocycles. The van der Waals surface area contributed by atoms with Crippen LogP contribution in [0.25, 0.3) is 0 Å². The van der Waals surface area contributed by atoms with Crippen molar-refractivity contribution >= 4 is 23.6 Å². The second-order valence-corrected chi connectivity index (χ2v) is 8.56. The number of nitrogens with one attached hydrogen (secondary N) is 1. The molecule has 4 nitrogen and oxygen atoms in total. The Bertz CT molecular complexity index is 880. The fourth-order valence-electron chi connectivity index (χ4n) is 3.68. The van der Waals surface area contributed by atoms with Crippen LogP contribution in [0.5, 0.6) is 0 Å². The Balaban J connectivity index is 1.59. The van der Waals surface area contributed by atoms with Crippen molar-refractivity contribution in [3.63, 3.8) is 0 Å². The van der Waals surface area contributed by atoms with Crippen molar-refractivity contribution in [2.45, 2.75) is 49.6 Å². The van der Waals surface area contributed by atoms with Gasteiger partial charge in [-0.3, -0.25) is 9.59 Å². The highest BCUT2D eigenvalue weighted by atomic mass is 32.2. The molecule has 0 heterocycles. The summed E-state index contributed by atoms with van der Waals surface area (Å²) in [6.45, 7) is 0.00978. The lowest BCUT2D eigenvalue weighted by atomic mass is 9.94. The summed E-state index contributed by atoms with van der Waals surface area (Å²) in [4.78, 5) is 27.8. The van der Waals surface area contributed by atoms with Gasteiger partial charge < -0.3 is 10.2 Å². The van der Waals surface area contributed by atoms with Crippen LogP contribution in [0.1, 0.15) is 48.0 Å². The number of benzene rings is 2. The van der Waals surface area contributed by atoms with Crippen molar-refractivity contribution in [3.05, 3.63) is 65.2 Å². The van der Waals surface area contributed by atoms with Crippen LogP contribution in [-0.4, -0.2) is 35.6 Å². The van der Waals surface area contributed by atoms with Gasteiger partial charge in [-0.15, -0.1) is 11.8 Å². The van der Waals surface area contributed by atoms with E-state index in [1.165, 1.54) is 30.3 Å². The number of thioether (sulfide) groups is 1. The maximum atomic E-state index is 13.3. The molecule has 0 radical (unpaired) electrons. The maximum Gasteiger partial charge on any atom is 0.252 e. The van der Waals surface area contributed by atoms with E-state index in [-0.39, 0.29) is 24.1 Å². The lowest BCUT2D eigenvalue weighted by molar-refractivity contribution is -0.129. The van der Waals surface area contributed by atoms with Crippen LogP contribution in [0.3, 0.4) is 0 Å². The van der Waals surface area contributed by atoms with Gasteiger partial charge >= 0.3 is 0 Å². The summed E-state index contributed by atoms with van der Waals surface area (Å²) in [5.41, 5.74) is 0.780. The van der Waals surface area contributed by atoms with Crippen LogP contribution in [0, 0.1) is 11.6 Å². The van der Waals surface area contributed by atoms with Crippen molar-refractivity contribution in [2.24, 2.45) is 0 Å². The number of halogens is 2. The number of amides is 2. The largest absolute Gasteiger partial charge is 0.348 e. The topological polar surface area (TPSA) is 49.4 Å². The molecule has 160 valence electrons. The van der Waals surface area contributed by atoms with Gasteiger partial charge in [-0.2, -0.15) is 0 Å². The maximum absolute atomic E-state index is 13.3. The molecule has 1 saturated carbocycles. The SMILES string of the molecule is CN(C(=O)CSc1ccccc1C(=O)NCc1cc(F)cc(F)c1)C1CCCCC1. The second kappa shape index (κ2) is 10.6. The minimum atomic E-state index is -0.684. The van der Waals surface area contributed by atoms with E-state index in [0.29, 0.717) is 22.1 Å². The zero-order valence-corrected chi connectivity index (χ0v) is 17.8. The molecule has 1 fully saturated rings. The lowest BCUT2D eigenvalue weighted by Gasteiger charge is -2.31. The highest BCUT2D eigenvalue weighted by molar-refractivity contribution is 8.00. The molecule has 0 unspecified atom stereocenters. The van der Waals surface area contributed by atoms with Crippen LogP contribution in [0.4, 0.5) is 8.78 Å². The summed E-state index contributed by atoms with van der Waals surface area (Å²) in [6, 6.07) is 10.5. The van der Waals surface area contributed by atoms with E-state index in [1.54, 1.807) is 18.2 Å². The first-order valence-corrected chi connectivity index (χ1v) is 11.1. The molecular weight excluding hydrogens is 406 g/mol. The van der Waals surface area contributed by atoms with Crippen LogP contribution in [-0.2, 0) is 11.3 Å².